The Bertz CT molecular complexity index is 835. The summed E-state index contributed by atoms with van der Waals surface area (Å²) in [6, 6.07) is 8.69. The molecule has 6 heteroatoms. The van der Waals surface area contributed by atoms with E-state index >= 15 is 0 Å². The Morgan fingerprint density at radius 1 is 1.06 bits per heavy atom. The molecule has 0 aromatic heterocycles. The second kappa shape index (κ2) is 10.8. The van der Waals surface area contributed by atoms with E-state index < -0.39 is 23.5 Å². The normalized spacial score (nSPS) is 14.6. The molecule has 0 aliphatic carbocycles. The van der Waals surface area contributed by atoms with Crippen molar-refractivity contribution in [2.24, 2.45) is 11.3 Å². The predicted octanol–water partition coefficient (Wildman–Crippen LogP) is 4.40. The maximum atomic E-state index is 13.5. The van der Waals surface area contributed by atoms with E-state index in [9.17, 15) is 19.5 Å². The van der Waals surface area contributed by atoms with Gasteiger partial charge in [0, 0.05) is 19.0 Å². The molecule has 6 nitrogen and oxygen atoms in total. The van der Waals surface area contributed by atoms with E-state index in [1.807, 2.05) is 78.8 Å². The van der Waals surface area contributed by atoms with Gasteiger partial charge in [0.25, 0.3) is 0 Å². The zero-order chi connectivity index (χ0) is 24.9. The van der Waals surface area contributed by atoms with Gasteiger partial charge in [-0.25, -0.2) is 4.79 Å². The molecule has 1 aromatic rings. The Morgan fingerprint density at radius 3 is 2.03 bits per heavy atom. The van der Waals surface area contributed by atoms with Crippen molar-refractivity contribution in [1.29, 1.82) is 0 Å². The van der Waals surface area contributed by atoms with Gasteiger partial charge in [-0.05, 0) is 29.2 Å². The maximum Gasteiger partial charge on any atom is 0.331 e. The van der Waals surface area contributed by atoms with E-state index in [0.29, 0.717) is 0 Å². The van der Waals surface area contributed by atoms with Crippen molar-refractivity contribution >= 4 is 17.8 Å². The Hall–Kier alpha value is -2.63. The van der Waals surface area contributed by atoms with E-state index in [0.717, 1.165) is 5.56 Å². The number of carbonyl (C=O) groups excluding carboxylic acids is 2. The van der Waals surface area contributed by atoms with Crippen LogP contribution in [-0.4, -0.2) is 46.9 Å². The number of rotatable bonds is 9. The lowest BCUT2D eigenvalue weighted by molar-refractivity contribution is -0.140. The summed E-state index contributed by atoms with van der Waals surface area (Å²) in [5.41, 5.74) is 0.333. The minimum absolute atomic E-state index is 0.00610. The molecule has 0 aliphatic rings. The summed E-state index contributed by atoms with van der Waals surface area (Å²) in [7, 11) is 1.66. The van der Waals surface area contributed by atoms with Crippen molar-refractivity contribution in [3.05, 3.63) is 47.5 Å². The Morgan fingerprint density at radius 2 is 1.59 bits per heavy atom. The predicted molar refractivity (Wildman–Crippen MR) is 128 cm³/mol. The van der Waals surface area contributed by atoms with Crippen LogP contribution in [0.25, 0.3) is 0 Å². The van der Waals surface area contributed by atoms with Gasteiger partial charge < -0.3 is 15.3 Å². The highest BCUT2D eigenvalue weighted by Crippen LogP contribution is 2.28. The first-order valence-corrected chi connectivity index (χ1v) is 11.1. The highest BCUT2D eigenvalue weighted by atomic mass is 16.4. The van der Waals surface area contributed by atoms with Crippen LogP contribution >= 0.6 is 0 Å². The van der Waals surface area contributed by atoms with Gasteiger partial charge in [0.1, 0.15) is 6.04 Å². The highest BCUT2D eigenvalue weighted by molar-refractivity contribution is 5.89. The van der Waals surface area contributed by atoms with Crippen LogP contribution in [0.2, 0.25) is 0 Å². The van der Waals surface area contributed by atoms with Crippen LogP contribution in [0.3, 0.4) is 0 Å². The van der Waals surface area contributed by atoms with Gasteiger partial charge in [-0.1, -0.05) is 84.9 Å². The number of likely N-dealkylation sites (N-methyl/N-ethyl adjacent to an activating group) is 1. The molecule has 0 saturated carbocycles. The largest absolute Gasteiger partial charge is 0.478 e. The molecule has 1 aromatic carbocycles. The summed E-state index contributed by atoms with van der Waals surface area (Å²) in [6.07, 6.45) is 1.84. The van der Waals surface area contributed by atoms with Gasteiger partial charge in [0.15, 0.2) is 0 Å². The summed E-state index contributed by atoms with van der Waals surface area (Å²) in [5.74, 6) is -1.44. The van der Waals surface area contributed by atoms with E-state index in [1.54, 1.807) is 18.0 Å². The summed E-state index contributed by atoms with van der Waals surface area (Å²) in [6.45, 7) is 15.1. The lowest BCUT2D eigenvalue weighted by Gasteiger charge is -2.38. The zero-order valence-electron chi connectivity index (χ0n) is 21.0. The van der Waals surface area contributed by atoms with Gasteiger partial charge in [-0.3, -0.25) is 9.59 Å². The molecular weight excluding hydrogens is 404 g/mol. The molecule has 1 rings (SSSR count). The van der Waals surface area contributed by atoms with Gasteiger partial charge >= 0.3 is 5.97 Å². The lowest BCUT2D eigenvalue weighted by atomic mass is 9.80. The number of nitrogens with one attached hydrogen (secondary N) is 1. The molecule has 0 radical (unpaired) electrons. The van der Waals surface area contributed by atoms with Gasteiger partial charge in [-0.2, -0.15) is 0 Å². The summed E-state index contributed by atoms with van der Waals surface area (Å²) >= 11 is 0. The first-order valence-electron chi connectivity index (χ1n) is 11.1. The Kier molecular flexibility index (Phi) is 9.24. The number of carbonyl (C=O) groups is 3. The van der Waals surface area contributed by atoms with Crippen LogP contribution in [0.5, 0.6) is 0 Å². The number of nitrogens with zero attached hydrogens (tertiary/aromatic N) is 1. The molecule has 0 spiro atoms. The van der Waals surface area contributed by atoms with E-state index in [2.05, 4.69) is 5.32 Å². The number of benzene rings is 1. The maximum absolute atomic E-state index is 13.5. The van der Waals surface area contributed by atoms with E-state index in [-0.39, 0.29) is 35.1 Å². The SMILES string of the molecule is C/C(=C\[C@H](C(C)C)N(C)C(=O)[C@@H](NC(=O)CC(C)(C)c1ccccc1)C(C)(C)C)C(=O)O. The molecule has 0 saturated heterocycles. The molecule has 2 atom stereocenters. The highest BCUT2D eigenvalue weighted by Gasteiger charge is 2.38. The van der Waals surface area contributed by atoms with Crippen molar-refractivity contribution in [3.63, 3.8) is 0 Å². The number of hydrogen-bond donors (Lipinski definition) is 2. The summed E-state index contributed by atoms with van der Waals surface area (Å²) in [4.78, 5) is 39.4. The van der Waals surface area contributed by atoms with Crippen molar-refractivity contribution < 1.29 is 19.5 Å². The van der Waals surface area contributed by atoms with Crippen molar-refractivity contribution in [2.45, 2.75) is 79.3 Å². The zero-order valence-corrected chi connectivity index (χ0v) is 21.0. The second-order valence-electron chi connectivity index (χ2n) is 10.6. The molecule has 0 fully saturated rings. The van der Waals surface area contributed by atoms with Gasteiger partial charge in [0.2, 0.25) is 11.8 Å². The first-order chi connectivity index (χ1) is 14.6. The number of carboxylic acid groups (broad SMARTS) is 1. The van der Waals surface area contributed by atoms with Crippen LogP contribution < -0.4 is 5.32 Å². The molecular formula is C26H40N2O4. The smallest absolute Gasteiger partial charge is 0.331 e. The first kappa shape index (κ1) is 27.4. The topological polar surface area (TPSA) is 86.7 Å². The Balaban J connectivity index is 3.12. The Labute approximate surface area is 193 Å². The number of amides is 2. The van der Waals surface area contributed by atoms with Crippen molar-refractivity contribution in [2.75, 3.05) is 7.05 Å². The van der Waals surface area contributed by atoms with Crippen LogP contribution in [-0.2, 0) is 19.8 Å². The average molecular weight is 445 g/mol. The second-order valence-corrected chi connectivity index (χ2v) is 10.6. The van der Waals surface area contributed by atoms with Crippen LogP contribution in [0.15, 0.2) is 42.0 Å². The van der Waals surface area contributed by atoms with Crippen molar-refractivity contribution in [1.82, 2.24) is 10.2 Å². The fourth-order valence-electron chi connectivity index (χ4n) is 3.68. The monoisotopic (exact) mass is 444 g/mol. The van der Waals surface area contributed by atoms with Gasteiger partial charge in [0.05, 0.1) is 6.04 Å². The summed E-state index contributed by atoms with van der Waals surface area (Å²) in [5, 5.41) is 12.2. The molecule has 32 heavy (non-hydrogen) atoms. The molecule has 0 heterocycles. The van der Waals surface area contributed by atoms with Crippen LogP contribution in [0.1, 0.15) is 67.4 Å². The minimum atomic E-state index is -1.01. The van der Waals surface area contributed by atoms with Gasteiger partial charge in [-0.15, -0.1) is 0 Å². The average Bonchev–Trinajstić information content (AvgIpc) is 2.68. The van der Waals surface area contributed by atoms with Crippen LogP contribution in [0, 0.1) is 11.3 Å². The molecule has 0 unspecified atom stereocenters. The third-order valence-electron chi connectivity index (χ3n) is 5.81. The number of carboxylic acids is 1. The minimum Gasteiger partial charge on any atom is -0.478 e. The quantitative estimate of drug-likeness (QED) is 0.553. The third-order valence-corrected chi connectivity index (χ3v) is 5.81. The molecule has 0 bridgehead atoms. The fraction of sp³-hybridized carbons (Fsp3) is 0.577. The summed E-state index contributed by atoms with van der Waals surface area (Å²) < 4.78 is 0. The number of aliphatic carboxylic acids is 1. The number of hydrogen-bond acceptors (Lipinski definition) is 3. The molecule has 0 aliphatic heterocycles. The van der Waals surface area contributed by atoms with Crippen molar-refractivity contribution in [3.8, 4) is 0 Å². The standard InChI is InChI=1S/C26H40N2O4/c1-17(2)20(15-18(3)24(31)32)28(9)23(30)22(25(4,5)6)27-21(29)16-26(7,8)19-13-11-10-12-14-19/h10-15,17,20,22H,16H2,1-9H3,(H,27,29)(H,31,32)/b18-15+/t20-,22-/m1/s1. The third kappa shape index (κ3) is 7.50. The van der Waals surface area contributed by atoms with Crippen LogP contribution in [0.4, 0.5) is 0 Å². The molecule has 2 amide bonds. The molecule has 178 valence electrons. The van der Waals surface area contributed by atoms with E-state index in [1.165, 1.54) is 6.92 Å². The van der Waals surface area contributed by atoms with E-state index in [4.69, 9.17) is 0 Å². The lowest BCUT2D eigenvalue weighted by Crippen LogP contribution is -2.56. The fourth-order valence-corrected chi connectivity index (χ4v) is 3.68. The molecule has 2 N–H and O–H groups in total.